The number of benzene rings is 2. The Morgan fingerprint density at radius 3 is 2.58 bits per heavy atom. The summed E-state index contributed by atoms with van der Waals surface area (Å²) in [4.78, 5) is 55.8. The summed E-state index contributed by atoms with van der Waals surface area (Å²) in [7, 11) is 0. The summed E-state index contributed by atoms with van der Waals surface area (Å²) in [5, 5.41) is 5.91. The first-order valence-corrected chi connectivity index (χ1v) is 16.3. The highest BCUT2D eigenvalue weighted by Gasteiger charge is 2.36. The van der Waals surface area contributed by atoms with Crippen molar-refractivity contribution in [3.63, 3.8) is 0 Å². The van der Waals surface area contributed by atoms with Gasteiger partial charge in [-0.25, -0.2) is 4.39 Å². The van der Waals surface area contributed by atoms with Crippen molar-refractivity contribution in [1.82, 2.24) is 15.5 Å². The van der Waals surface area contributed by atoms with Gasteiger partial charge in [0.1, 0.15) is 17.6 Å². The minimum Gasteiger partial charge on any atom is -0.494 e. The Labute approximate surface area is 264 Å². The summed E-state index contributed by atoms with van der Waals surface area (Å²) in [6.07, 6.45) is 5.65. The molecule has 242 valence electrons. The van der Waals surface area contributed by atoms with Gasteiger partial charge in [0.15, 0.2) is 5.78 Å². The summed E-state index contributed by atoms with van der Waals surface area (Å²) in [5.74, 6) is -1.31. The molecule has 2 aromatic carbocycles. The number of fused-ring (bicyclic) bond motifs is 2. The van der Waals surface area contributed by atoms with Crippen molar-refractivity contribution in [2.45, 2.75) is 88.8 Å². The summed E-state index contributed by atoms with van der Waals surface area (Å²) in [6.45, 7) is 1.99. The van der Waals surface area contributed by atoms with E-state index in [0.717, 1.165) is 24.0 Å². The molecule has 3 amide bonds. The Hall–Kier alpha value is -3.79. The Morgan fingerprint density at radius 2 is 1.82 bits per heavy atom. The summed E-state index contributed by atoms with van der Waals surface area (Å²) >= 11 is 0. The maximum Gasteiger partial charge on any atom is 0.242 e. The fourth-order valence-corrected chi connectivity index (χ4v) is 6.42. The van der Waals surface area contributed by atoms with Crippen molar-refractivity contribution in [2.75, 3.05) is 26.3 Å². The van der Waals surface area contributed by atoms with Gasteiger partial charge in [-0.15, -0.1) is 0 Å². The molecule has 0 radical (unpaired) electrons. The summed E-state index contributed by atoms with van der Waals surface area (Å²) in [6, 6.07) is 12.2. The molecule has 10 heteroatoms. The van der Waals surface area contributed by atoms with E-state index in [-0.39, 0.29) is 41.8 Å². The summed E-state index contributed by atoms with van der Waals surface area (Å²) < 4.78 is 25.2. The number of nitrogens with zero attached hydrogens (tertiary/aromatic N) is 1. The third-order valence-corrected chi connectivity index (χ3v) is 9.02. The van der Waals surface area contributed by atoms with Gasteiger partial charge >= 0.3 is 0 Å². The fraction of sp³-hybridized carbons (Fsp3) is 0.543. The first-order valence-electron chi connectivity index (χ1n) is 16.3. The normalized spacial score (nSPS) is 25.1. The first kappa shape index (κ1) is 32.6. The van der Waals surface area contributed by atoms with Gasteiger partial charge in [0, 0.05) is 44.9 Å². The number of ketones is 1. The van der Waals surface area contributed by atoms with Crippen LogP contribution in [0.15, 0.2) is 48.5 Å². The van der Waals surface area contributed by atoms with E-state index in [1.165, 1.54) is 12.1 Å². The van der Waals surface area contributed by atoms with Gasteiger partial charge in [0.05, 0.1) is 18.8 Å². The molecular formula is C35H44FN3O6. The van der Waals surface area contributed by atoms with Crippen molar-refractivity contribution in [1.29, 1.82) is 0 Å². The number of carbonyl (C=O) groups excluding carboxylic acids is 4. The number of ether oxygens (including phenoxy) is 2. The minimum absolute atomic E-state index is 0.0358. The second-order valence-corrected chi connectivity index (χ2v) is 12.4. The molecule has 0 aromatic heterocycles. The van der Waals surface area contributed by atoms with Crippen LogP contribution in [0, 0.1) is 11.7 Å². The predicted molar refractivity (Wildman–Crippen MR) is 166 cm³/mol. The highest BCUT2D eigenvalue weighted by molar-refractivity contribution is 5.94. The number of rotatable bonds is 7. The van der Waals surface area contributed by atoms with Gasteiger partial charge in [0.2, 0.25) is 17.7 Å². The third-order valence-electron chi connectivity index (χ3n) is 9.02. The fourth-order valence-electron chi connectivity index (χ4n) is 6.42. The maximum atomic E-state index is 14.1. The number of aryl methyl sites for hydroxylation is 1. The van der Waals surface area contributed by atoms with Gasteiger partial charge in [-0.3, -0.25) is 19.2 Å². The number of hydrogen-bond acceptors (Lipinski definition) is 6. The van der Waals surface area contributed by atoms with Gasteiger partial charge in [-0.05, 0) is 86.8 Å². The lowest BCUT2D eigenvalue weighted by Crippen LogP contribution is -2.50. The molecule has 2 N–H and O–H groups in total. The molecule has 9 nitrogen and oxygen atoms in total. The van der Waals surface area contributed by atoms with Crippen LogP contribution in [0.25, 0.3) is 0 Å². The Morgan fingerprint density at radius 1 is 0.978 bits per heavy atom. The molecular weight excluding hydrogens is 577 g/mol. The van der Waals surface area contributed by atoms with E-state index >= 15 is 0 Å². The lowest BCUT2D eigenvalue weighted by atomic mass is 9.89. The van der Waals surface area contributed by atoms with Crippen LogP contribution in [-0.4, -0.2) is 72.9 Å². The monoisotopic (exact) mass is 621 g/mol. The quantitative estimate of drug-likeness (QED) is 0.485. The topological polar surface area (TPSA) is 114 Å². The predicted octanol–water partition coefficient (Wildman–Crippen LogP) is 3.91. The SMILES string of the molecule is O=C1N[C@H](C(=O)NC[C@H]2CCCO2)CCCCOc2cccc(c2)C[C@H](N2CCCC2=O)C(=O)C[C@H]1CCc1ccc(F)cc1. The van der Waals surface area contributed by atoms with E-state index in [1.54, 1.807) is 17.0 Å². The van der Waals surface area contributed by atoms with Gasteiger partial charge in [-0.1, -0.05) is 24.3 Å². The Kier molecular flexibility index (Phi) is 11.6. The molecule has 0 unspecified atom stereocenters. The zero-order valence-electron chi connectivity index (χ0n) is 25.8. The average molecular weight is 622 g/mol. The highest BCUT2D eigenvalue weighted by Crippen LogP contribution is 2.25. The second-order valence-electron chi connectivity index (χ2n) is 12.4. The van der Waals surface area contributed by atoms with Crippen molar-refractivity contribution in [2.24, 2.45) is 5.92 Å². The highest BCUT2D eigenvalue weighted by atomic mass is 19.1. The van der Waals surface area contributed by atoms with Crippen molar-refractivity contribution < 1.29 is 33.0 Å². The molecule has 2 aromatic rings. The van der Waals surface area contributed by atoms with Crippen LogP contribution in [0.1, 0.15) is 68.9 Å². The van der Waals surface area contributed by atoms with E-state index in [2.05, 4.69) is 10.6 Å². The number of amides is 3. The van der Waals surface area contributed by atoms with E-state index in [4.69, 9.17) is 9.47 Å². The smallest absolute Gasteiger partial charge is 0.242 e. The van der Waals surface area contributed by atoms with Crippen LogP contribution >= 0.6 is 0 Å². The third kappa shape index (κ3) is 9.36. The van der Waals surface area contributed by atoms with Crippen LogP contribution in [0.4, 0.5) is 4.39 Å². The van der Waals surface area contributed by atoms with Crippen LogP contribution in [0.5, 0.6) is 5.75 Å². The first-order chi connectivity index (χ1) is 21.9. The van der Waals surface area contributed by atoms with Crippen LogP contribution in [0.3, 0.4) is 0 Å². The van der Waals surface area contributed by atoms with Gasteiger partial charge in [0.25, 0.3) is 0 Å². The zero-order valence-corrected chi connectivity index (χ0v) is 25.8. The van der Waals surface area contributed by atoms with Crippen LogP contribution in [0.2, 0.25) is 0 Å². The van der Waals surface area contributed by atoms with Gasteiger partial charge < -0.3 is 25.0 Å². The molecule has 0 spiro atoms. The van der Waals surface area contributed by atoms with Crippen molar-refractivity contribution in [3.05, 3.63) is 65.5 Å². The molecule has 2 fully saturated rings. The van der Waals surface area contributed by atoms with E-state index < -0.39 is 18.0 Å². The standard InChI is InChI=1S/C35H44FN3O6/c36-27-15-12-24(13-16-27)11-14-26-22-32(40)31(39-17-4-10-33(39)41)21-25-6-3-7-28(20-25)44-18-2-1-9-30(38-34(26)42)35(43)37-23-29-8-5-19-45-29/h3,6-7,12-13,15-16,20,26,29-31H,1-2,4-5,8-11,14,17-19,21-23H2,(H,37,43)(H,38,42)/t26-,29-,30+,31+/m1/s1. The lowest BCUT2D eigenvalue weighted by molar-refractivity contribution is -0.138. The number of likely N-dealkylation sites (tertiary alicyclic amines) is 1. The lowest BCUT2D eigenvalue weighted by Gasteiger charge is -2.29. The molecule has 0 saturated carbocycles. The maximum absolute atomic E-state index is 14.1. The van der Waals surface area contributed by atoms with Crippen molar-refractivity contribution in [3.8, 4) is 5.75 Å². The molecule has 4 atom stereocenters. The van der Waals surface area contributed by atoms with Crippen LogP contribution < -0.4 is 15.4 Å². The number of halogens is 1. The average Bonchev–Trinajstić information content (AvgIpc) is 3.72. The summed E-state index contributed by atoms with van der Waals surface area (Å²) in [5.41, 5.74) is 1.73. The molecule has 2 bridgehead atoms. The second kappa shape index (κ2) is 16.0. The Balaban J connectivity index is 1.39. The molecule has 5 rings (SSSR count). The minimum atomic E-state index is -0.783. The molecule has 3 heterocycles. The molecule has 0 aliphatic carbocycles. The van der Waals surface area contributed by atoms with E-state index in [1.807, 2.05) is 24.3 Å². The number of Topliss-reactive ketones (excluding diaryl/α,β-unsaturated/α-hetero) is 1. The van der Waals surface area contributed by atoms with Gasteiger partial charge in [-0.2, -0.15) is 0 Å². The Bertz CT molecular complexity index is 1330. The zero-order chi connectivity index (χ0) is 31.6. The molecule has 2 saturated heterocycles. The molecule has 3 aliphatic rings. The van der Waals surface area contributed by atoms with E-state index in [0.29, 0.717) is 83.4 Å². The largest absolute Gasteiger partial charge is 0.494 e. The van der Waals surface area contributed by atoms with Crippen LogP contribution in [-0.2, 0) is 36.8 Å². The molecule has 45 heavy (non-hydrogen) atoms. The molecule has 3 aliphatic heterocycles. The number of hydrogen-bond donors (Lipinski definition) is 2. The van der Waals surface area contributed by atoms with E-state index in [9.17, 15) is 23.6 Å². The van der Waals surface area contributed by atoms with Crippen molar-refractivity contribution >= 4 is 23.5 Å². The number of carbonyl (C=O) groups is 4. The number of nitrogens with one attached hydrogen (secondary N) is 2.